The SMILES string of the molecule is Clc1ccc(Cn2nc(CNC3CCCCCCC3)c(-c3ccccc3)n2)cc1. The lowest BCUT2D eigenvalue weighted by Crippen LogP contribution is -2.29. The van der Waals surface area contributed by atoms with E-state index < -0.39 is 0 Å². The Labute approximate surface area is 178 Å². The van der Waals surface area contributed by atoms with Crippen LogP contribution in [-0.4, -0.2) is 21.0 Å². The number of hydrogen-bond acceptors (Lipinski definition) is 3. The second kappa shape index (κ2) is 10.0. The molecule has 0 radical (unpaired) electrons. The largest absolute Gasteiger partial charge is 0.308 e. The van der Waals surface area contributed by atoms with Crippen LogP contribution in [0.15, 0.2) is 54.6 Å². The Kier molecular flexibility index (Phi) is 6.96. The molecular formula is C24H29ClN4. The number of halogens is 1. The maximum Gasteiger partial charge on any atom is 0.117 e. The number of rotatable bonds is 6. The second-order valence-electron chi connectivity index (χ2n) is 7.94. The summed E-state index contributed by atoms with van der Waals surface area (Å²) in [5.74, 6) is 0. The number of nitrogens with one attached hydrogen (secondary N) is 1. The number of nitrogens with zero attached hydrogens (tertiary/aromatic N) is 3. The first kappa shape index (κ1) is 20.1. The van der Waals surface area contributed by atoms with Gasteiger partial charge in [-0.05, 0) is 30.5 Å². The highest BCUT2D eigenvalue weighted by Crippen LogP contribution is 2.22. The van der Waals surface area contributed by atoms with E-state index in [4.69, 9.17) is 21.8 Å². The smallest absolute Gasteiger partial charge is 0.117 e. The molecule has 1 N–H and O–H groups in total. The monoisotopic (exact) mass is 408 g/mol. The predicted octanol–water partition coefficient (Wildman–Crippen LogP) is 5.85. The molecule has 0 saturated heterocycles. The summed E-state index contributed by atoms with van der Waals surface area (Å²) in [5.41, 5.74) is 4.25. The van der Waals surface area contributed by atoms with Gasteiger partial charge in [-0.3, -0.25) is 0 Å². The van der Waals surface area contributed by atoms with Gasteiger partial charge in [0.1, 0.15) is 11.4 Å². The van der Waals surface area contributed by atoms with Crippen LogP contribution in [-0.2, 0) is 13.1 Å². The fraction of sp³-hybridized carbons (Fsp3) is 0.417. The van der Waals surface area contributed by atoms with E-state index in [1.54, 1.807) is 4.80 Å². The zero-order valence-corrected chi connectivity index (χ0v) is 17.6. The lowest BCUT2D eigenvalue weighted by atomic mass is 9.96. The van der Waals surface area contributed by atoms with E-state index in [0.29, 0.717) is 12.6 Å². The third-order valence-electron chi connectivity index (χ3n) is 5.67. The maximum atomic E-state index is 6.01. The van der Waals surface area contributed by atoms with Crippen molar-refractivity contribution in [2.75, 3.05) is 0 Å². The summed E-state index contributed by atoms with van der Waals surface area (Å²) in [6.45, 7) is 1.40. The van der Waals surface area contributed by atoms with Crippen LogP contribution < -0.4 is 5.32 Å². The normalized spacial score (nSPS) is 15.8. The summed E-state index contributed by atoms with van der Waals surface area (Å²) >= 11 is 6.01. The summed E-state index contributed by atoms with van der Waals surface area (Å²) in [7, 11) is 0. The molecule has 1 aliphatic carbocycles. The van der Waals surface area contributed by atoms with Crippen LogP contribution >= 0.6 is 11.6 Å². The van der Waals surface area contributed by atoms with Gasteiger partial charge in [0, 0.05) is 23.2 Å². The van der Waals surface area contributed by atoms with Crippen LogP contribution in [0.5, 0.6) is 0 Å². The highest BCUT2D eigenvalue weighted by Gasteiger charge is 2.16. The molecule has 1 aromatic heterocycles. The molecule has 0 aliphatic heterocycles. The lowest BCUT2D eigenvalue weighted by molar-refractivity contribution is 0.387. The third-order valence-corrected chi connectivity index (χ3v) is 5.92. The Hall–Kier alpha value is -2.17. The Bertz CT molecular complexity index is 881. The summed E-state index contributed by atoms with van der Waals surface area (Å²) < 4.78 is 0. The molecule has 0 amide bonds. The van der Waals surface area contributed by atoms with Crippen LogP contribution in [0.2, 0.25) is 5.02 Å². The summed E-state index contributed by atoms with van der Waals surface area (Å²) in [6.07, 6.45) is 9.30. The third kappa shape index (κ3) is 5.68. The fourth-order valence-corrected chi connectivity index (χ4v) is 4.17. The quantitative estimate of drug-likeness (QED) is 0.556. The van der Waals surface area contributed by atoms with Gasteiger partial charge in [-0.15, -0.1) is 0 Å². The van der Waals surface area contributed by atoms with Gasteiger partial charge in [0.2, 0.25) is 0 Å². The van der Waals surface area contributed by atoms with Crippen molar-refractivity contribution in [3.05, 3.63) is 70.9 Å². The van der Waals surface area contributed by atoms with Gasteiger partial charge in [0.25, 0.3) is 0 Å². The molecule has 5 heteroatoms. The molecule has 3 aromatic rings. The lowest BCUT2D eigenvalue weighted by Gasteiger charge is -2.20. The number of aromatic nitrogens is 3. The summed E-state index contributed by atoms with van der Waals surface area (Å²) in [4.78, 5) is 1.81. The van der Waals surface area contributed by atoms with Gasteiger partial charge < -0.3 is 5.32 Å². The number of benzene rings is 2. The Morgan fingerprint density at radius 3 is 2.28 bits per heavy atom. The minimum atomic E-state index is 0.584. The Morgan fingerprint density at radius 2 is 1.55 bits per heavy atom. The molecule has 0 bridgehead atoms. The standard InChI is InChI=1S/C24H29ClN4/c25-21-15-13-19(14-16-21)18-29-27-23(24(28-29)20-9-5-4-6-10-20)17-26-22-11-7-2-1-3-8-12-22/h4-6,9-10,13-16,22,26H,1-3,7-8,11-12,17-18H2. The van der Waals surface area contributed by atoms with E-state index in [9.17, 15) is 0 Å². The van der Waals surface area contributed by atoms with E-state index in [-0.39, 0.29) is 0 Å². The molecular weight excluding hydrogens is 380 g/mol. The molecule has 4 nitrogen and oxygen atoms in total. The average Bonchev–Trinajstić information content (AvgIpc) is 3.12. The van der Waals surface area contributed by atoms with Crippen molar-refractivity contribution in [1.82, 2.24) is 20.3 Å². The fourth-order valence-electron chi connectivity index (χ4n) is 4.05. The summed E-state index contributed by atoms with van der Waals surface area (Å²) in [5, 5.41) is 14.2. The molecule has 1 fully saturated rings. The first-order valence-electron chi connectivity index (χ1n) is 10.8. The molecule has 2 aromatic carbocycles. The van der Waals surface area contributed by atoms with Crippen LogP contribution in [0.4, 0.5) is 0 Å². The van der Waals surface area contributed by atoms with Gasteiger partial charge in [-0.25, -0.2) is 0 Å². The molecule has 0 unspecified atom stereocenters. The van der Waals surface area contributed by atoms with Crippen molar-refractivity contribution in [3.8, 4) is 11.3 Å². The van der Waals surface area contributed by atoms with Crippen molar-refractivity contribution in [2.24, 2.45) is 0 Å². The van der Waals surface area contributed by atoms with E-state index in [1.807, 2.05) is 30.3 Å². The summed E-state index contributed by atoms with van der Waals surface area (Å²) in [6, 6.07) is 18.8. The van der Waals surface area contributed by atoms with E-state index >= 15 is 0 Å². The van der Waals surface area contributed by atoms with Crippen molar-refractivity contribution < 1.29 is 0 Å². The molecule has 1 saturated carbocycles. The Morgan fingerprint density at radius 1 is 0.862 bits per heavy atom. The minimum absolute atomic E-state index is 0.584. The molecule has 1 aliphatic rings. The Balaban J connectivity index is 1.52. The minimum Gasteiger partial charge on any atom is -0.308 e. The van der Waals surface area contributed by atoms with Crippen LogP contribution in [0.3, 0.4) is 0 Å². The van der Waals surface area contributed by atoms with Gasteiger partial charge >= 0.3 is 0 Å². The highest BCUT2D eigenvalue weighted by molar-refractivity contribution is 6.30. The van der Waals surface area contributed by atoms with E-state index in [0.717, 1.165) is 34.1 Å². The first-order chi connectivity index (χ1) is 14.3. The van der Waals surface area contributed by atoms with Gasteiger partial charge in [0.05, 0.1) is 6.54 Å². The van der Waals surface area contributed by atoms with E-state index in [1.165, 1.54) is 44.9 Å². The molecule has 0 atom stereocenters. The maximum absolute atomic E-state index is 6.01. The van der Waals surface area contributed by atoms with Gasteiger partial charge in [-0.1, -0.05) is 86.2 Å². The molecule has 152 valence electrons. The van der Waals surface area contributed by atoms with Crippen molar-refractivity contribution in [3.63, 3.8) is 0 Å². The molecule has 4 rings (SSSR count). The van der Waals surface area contributed by atoms with Crippen molar-refractivity contribution in [2.45, 2.75) is 64.1 Å². The zero-order valence-electron chi connectivity index (χ0n) is 16.9. The first-order valence-corrected chi connectivity index (χ1v) is 11.1. The average molecular weight is 409 g/mol. The second-order valence-corrected chi connectivity index (χ2v) is 8.38. The molecule has 1 heterocycles. The van der Waals surface area contributed by atoms with Crippen LogP contribution in [0.25, 0.3) is 11.3 Å². The van der Waals surface area contributed by atoms with Crippen LogP contribution in [0.1, 0.15) is 56.2 Å². The molecule has 0 spiro atoms. The highest BCUT2D eigenvalue weighted by atomic mass is 35.5. The van der Waals surface area contributed by atoms with Gasteiger partial charge in [0.15, 0.2) is 0 Å². The topological polar surface area (TPSA) is 42.7 Å². The van der Waals surface area contributed by atoms with Crippen molar-refractivity contribution >= 4 is 11.6 Å². The van der Waals surface area contributed by atoms with E-state index in [2.05, 4.69) is 29.6 Å². The van der Waals surface area contributed by atoms with Crippen LogP contribution in [0, 0.1) is 0 Å². The number of hydrogen-bond donors (Lipinski definition) is 1. The molecule has 29 heavy (non-hydrogen) atoms. The van der Waals surface area contributed by atoms with Crippen molar-refractivity contribution in [1.29, 1.82) is 0 Å². The zero-order chi connectivity index (χ0) is 19.9. The van der Waals surface area contributed by atoms with Gasteiger partial charge in [-0.2, -0.15) is 15.0 Å². The predicted molar refractivity (Wildman–Crippen MR) is 119 cm³/mol.